The van der Waals surface area contributed by atoms with Crippen molar-refractivity contribution in [3.8, 4) is 0 Å². The third-order valence-electron chi connectivity index (χ3n) is 3.14. The molecule has 0 fully saturated rings. The van der Waals surface area contributed by atoms with Gasteiger partial charge in [0, 0.05) is 29.9 Å². The summed E-state index contributed by atoms with van der Waals surface area (Å²) in [7, 11) is 0. The van der Waals surface area contributed by atoms with Gasteiger partial charge in [-0.05, 0) is 43.9 Å². The van der Waals surface area contributed by atoms with E-state index < -0.39 is 0 Å². The summed E-state index contributed by atoms with van der Waals surface area (Å²) in [5.74, 6) is -0.00276. The fourth-order valence-corrected chi connectivity index (χ4v) is 2.29. The highest BCUT2D eigenvalue weighted by molar-refractivity contribution is 6.31. The van der Waals surface area contributed by atoms with Crippen LogP contribution in [0.2, 0.25) is 5.02 Å². The summed E-state index contributed by atoms with van der Waals surface area (Å²) in [6.45, 7) is 5.60. The largest absolute Gasteiger partial charge is 0.379 e. The number of rotatable bonds is 7. The number of fused-ring (bicyclic) bond motifs is 1. The number of carbonyl (C=O) groups excluding carboxylic acids is 1. The summed E-state index contributed by atoms with van der Waals surface area (Å²) in [6.07, 6.45) is 2.96. The van der Waals surface area contributed by atoms with Crippen LogP contribution in [-0.2, 0) is 16.1 Å². The first-order chi connectivity index (χ1) is 10.1. The Balaban J connectivity index is 1.83. The van der Waals surface area contributed by atoms with Crippen molar-refractivity contribution >= 4 is 28.4 Å². The van der Waals surface area contributed by atoms with Gasteiger partial charge in [0.05, 0.1) is 6.10 Å². The van der Waals surface area contributed by atoms with Crippen LogP contribution in [0.5, 0.6) is 0 Å². The van der Waals surface area contributed by atoms with E-state index in [4.69, 9.17) is 16.3 Å². The zero-order valence-electron chi connectivity index (χ0n) is 12.4. The summed E-state index contributed by atoms with van der Waals surface area (Å²) >= 11 is 6.00. The molecule has 0 saturated carbocycles. The summed E-state index contributed by atoms with van der Waals surface area (Å²) in [6, 6.07) is 7.66. The number of nitrogens with one attached hydrogen (secondary N) is 1. The molecule has 1 heterocycles. The Hall–Kier alpha value is -1.52. The first-order valence-electron chi connectivity index (χ1n) is 7.19. The predicted molar refractivity (Wildman–Crippen MR) is 85.7 cm³/mol. The minimum Gasteiger partial charge on any atom is -0.379 e. The maximum Gasteiger partial charge on any atom is 0.239 e. The lowest BCUT2D eigenvalue weighted by Gasteiger charge is -2.09. The quantitative estimate of drug-likeness (QED) is 0.798. The van der Waals surface area contributed by atoms with E-state index in [-0.39, 0.29) is 12.0 Å². The lowest BCUT2D eigenvalue weighted by molar-refractivity contribution is -0.121. The third-order valence-corrected chi connectivity index (χ3v) is 3.38. The minimum absolute atomic E-state index is 0.00276. The van der Waals surface area contributed by atoms with Gasteiger partial charge < -0.3 is 14.6 Å². The fourth-order valence-electron chi connectivity index (χ4n) is 2.12. The molecule has 1 aromatic heterocycles. The smallest absolute Gasteiger partial charge is 0.239 e. The number of hydrogen-bond acceptors (Lipinski definition) is 2. The molecule has 114 valence electrons. The van der Waals surface area contributed by atoms with Gasteiger partial charge in [-0.25, -0.2) is 0 Å². The van der Waals surface area contributed by atoms with Gasteiger partial charge >= 0.3 is 0 Å². The van der Waals surface area contributed by atoms with Crippen LogP contribution in [0.4, 0.5) is 0 Å². The average molecular weight is 309 g/mol. The van der Waals surface area contributed by atoms with E-state index in [2.05, 4.69) is 5.32 Å². The zero-order chi connectivity index (χ0) is 15.2. The standard InChI is InChI=1S/C16H21ClN2O2/c1-12(2)21-9-3-7-18-16(20)11-19-8-6-13-4-5-14(17)10-15(13)19/h4-6,8,10,12H,3,7,9,11H2,1-2H3,(H,18,20). The van der Waals surface area contributed by atoms with E-state index in [0.29, 0.717) is 24.7 Å². The molecular formula is C16H21ClN2O2. The van der Waals surface area contributed by atoms with Gasteiger partial charge in [-0.1, -0.05) is 17.7 Å². The molecule has 0 bridgehead atoms. The van der Waals surface area contributed by atoms with Crippen molar-refractivity contribution in [2.24, 2.45) is 0 Å². The van der Waals surface area contributed by atoms with Gasteiger partial charge in [-0.3, -0.25) is 4.79 Å². The molecule has 2 aromatic rings. The number of carbonyl (C=O) groups is 1. The number of nitrogens with zero attached hydrogens (tertiary/aromatic N) is 1. The van der Waals surface area contributed by atoms with Gasteiger partial charge in [0.1, 0.15) is 6.54 Å². The van der Waals surface area contributed by atoms with E-state index in [9.17, 15) is 4.79 Å². The molecule has 0 aliphatic rings. The second-order valence-electron chi connectivity index (χ2n) is 5.27. The summed E-state index contributed by atoms with van der Waals surface area (Å²) in [4.78, 5) is 11.9. The molecule has 5 heteroatoms. The molecule has 0 atom stereocenters. The molecule has 4 nitrogen and oxygen atoms in total. The van der Waals surface area contributed by atoms with Crippen molar-refractivity contribution in [2.75, 3.05) is 13.2 Å². The van der Waals surface area contributed by atoms with Crippen molar-refractivity contribution < 1.29 is 9.53 Å². The van der Waals surface area contributed by atoms with Gasteiger partial charge in [0.2, 0.25) is 5.91 Å². The Kier molecular flexibility index (Phi) is 5.65. The molecule has 1 aromatic carbocycles. The summed E-state index contributed by atoms with van der Waals surface area (Å²) in [5.41, 5.74) is 0.973. The number of aromatic nitrogens is 1. The maximum absolute atomic E-state index is 11.9. The number of benzene rings is 1. The molecule has 2 rings (SSSR count). The van der Waals surface area contributed by atoms with Crippen LogP contribution in [0.3, 0.4) is 0 Å². The Labute approximate surface area is 130 Å². The van der Waals surface area contributed by atoms with E-state index in [0.717, 1.165) is 17.3 Å². The van der Waals surface area contributed by atoms with Crippen LogP contribution >= 0.6 is 11.6 Å². The highest BCUT2D eigenvalue weighted by atomic mass is 35.5. The SMILES string of the molecule is CC(C)OCCCNC(=O)Cn1ccc2ccc(Cl)cc21. The summed E-state index contributed by atoms with van der Waals surface area (Å²) < 4.78 is 7.33. The monoisotopic (exact) mass is 308 g/mol. The van der Waals surface area contributed by atoms with Crippen LogP contribution in [-0.4, -0.2) is 29.7 Å². The van der Waals surface area contributed by atoms with Crippen LogP contribution in [0.15, 0.2) is 30.5 Å². The first kappa shape index (κ1) is 15.9. The van der Waals surface area contributed by atoms with Crippen molar-refractivity contribution in [3.05, 3.63) is 35.5 Å². The molecule has 21 heavy (non-hydrogen) atoms. The maximum atomic E-state index is 11.9. The van der Waals surface area contributed by atoms with Crippen LogP contribution in [0.1, 0.15) is 20.3 Å². The molecule has 0 spiro atoms. The Morgan fingerprint density at radius 1 is 1.38 bits per heavy atom. The van der Waals surface area contributed by atoms with Crippen LogP contribution < -0.4 is 5.32 Å². The van der Waals surface area contributed by atoms with Gasteiger partial charge in [-0.15, -0.1) is 0 Å². The Morgan fingerprint density at radius 2 is 2.19 bits per heavy atom. The molecule has 1 N–H and O–H groups in total. The van der Waals surface area contributed by atoms with Crippen molar-refractivity contribution in [1.82, 2.24) is 9.88 Å². The minimum atomic E-state index is -0.00276. The molecule has 0 aliphatic heterocycles. The van der Waals surface area contributed by atoms with E-state index in [1.807, 2.05) is 48.9 Å². The van der Waals surface area contributed by atoms with Gasteiger partial charge in [-0.2, -0.15) is 0 Å². The van der Waals surface area contributed by atoms with Crippen molar-refractivity contribution in [2.45, 2.75) is 32.9 Å². The van der Waals surface area contributed by atoms with Crippen LogP contribution in [0.25, 0.3) is 10.9 Å². The van der Waals surface area contributed by atoms with Gasteiger partial charge in [0.25, 0.3) is 0 Å². The first-order valence-corrected chi connectivity index (χ1v) is 7.57. The summed E-state index contributed by atoms with van der Waals surface area (Å²) in [5, 5.41) is 4.66. The fraction of sp³-hybridized carbons (Fsp3) is 0.438. The molecule has 0 unspecified atom stereocenters. The second-order valence-corrected chi connectivity index (χ2v) is 5.71. The van der Waals surface area contributed by atoms with E-state index >= 15 is 0 Å². The zero-order valence-corrected chi connectivity index (χ0v) is 13.2. The third kappa shape index (κ3) is 4.76. The highest BCUT2D eigenvalue weighted by Gasteiger charge is 2.06. The average Bonchev–Trinajstić information content (AvgIpc) is 2.80. The molecule has 1 amide bonds. The number of ether oxygens (including phenoxy) is 1. The van der Waals surface area contributed by atoms with Gasteiger partial charge in [0.15, 0.2) is 0 Å². The number of hydrogen-bond donors (Lipinski definition) is 1. The Morgan fingerprint density at radius 3 is 2.95 bits per heavy atom. The van der Waals surface area contributed by atoms with Crippen molar-refractivity contribution in [3.63, 3.8) is 0 Å². The van der Waals surface area contributed by atoms with Crippen LogP contribution in [0, 0.1) is 0 Å². The van der Waals surface area contributed by atoms with E-state index in [1.54, 1.807) is 0 Å². The normalized spacial score (nSPS) is 11.2. The number of amides is 1. The topological polar surface area (TPSA) is 43.3 Å². The Bertz CT molecular complexity index is 607. The predicted octanol–water partition coefficient (Wildman–Crippen LogP) is 3.23. The number of halogens is 1. The van der Waals surface area contributed by atoms with Crippen molar-refractivity contribution in [1.29, 1.82) is 0 Å². The second kappa shape index (κ2) is 7.48. The molecule has 0 radical (unpaired) electrons. The lowest BCUT2D eigenvalue weighted by Crippen LogP contribution is -2.29. The molecule has 0 aliphatic carbocycles. The molecular weight excluding hydrogens is 288 g/mol. The van der Waals surface area contributed by atoms with E-state index in [1.165, 1.54) is 0 Å². The lowest BCUT2D eigenvalue weighted by atomic mass is 10.2. The highest BCUT2D eigenvalue weighted by Crippen LogP contribution is 2.20. The molecule has 0 saturated heterocycles.